The molecule has 0 radical (unpaired) electrons. The van der Waals surface area contributed by atoms with Crippen molar-refractivity contribution in [3.05, 3.63) is 66.4 Å². The molecule has 0 aliphatic carbocycles. The van der Waals surface area contributed by atoms with Gasteiger partial charge in [-0.1, -0.05) is 32.0 Å². The fourth-order valence-corrected chi connectivity index (χ4v) is 4.83. The number of methoxy groups -OCH3 is 1. The van der Waals surface area contributed by atoms with Crippen molar-refractivity contribution in [1.82, 2.24) is 14.7 Å². The summed E-state index contributed by atoms with van der Waals surface area (Å²) in [5, 5.41) is 4.91. The topological polar surface area (TPSA) is 47.4 Å². The van der Waals surface area contributed by atoms with Crippen molar-refractivity contribution < 1.29 is 9.53 Å². The molecule has 156 valence electrons. The predicted octanol–water partition coefficient (Wildman–Crippen LogP) is 5.17. The zero-order chi connectivity index (χ0) is 21.1. The molecule has 3 aromatic rings. The minimum Gasteiger partial charge on any atom is -0.497 e. The lowest BCUT2D eigenvalue weighted by atomic mass is 10.1. The van der Waals surface area contributed by atoms with Crippen LogP contribution in [0.1, 0.15) is 31.2 Å². The second kappa shape index (κ2) is 8.96. The highest BCUT2D eigenvalue weighted by atomic mass is 32.2. The van der Waals surface area contributed by atoms with Crippen LogP contribution >= 0.6 is 11.8 Å². The molecule has 1 atom stereocenters. The van der Waals surface area contributed by atoms with Crippen LogP contribution in [-0.4, -0.2) is 40.0 Å². The zero-order valence-corrected chi connectivity index (χ0v) is 18.4. The molecule has 1 aromatic heterocycles. The van der Waals surface area contributed by atoms with Crippen molar-refractivity contribution in [3.63, 3.8) is 0 Å². The molecule has 6 heteroatoms. The molecule has 0 bridgehead atoms. The summed E-state index contributed by atoms with van der Waals surface area (Å²) in [5.74, 6) is 2.09. The molecule has 30 heavy (non-hydrogen) atoms. The maximum atomic E-state index is 12.6. The monoisotopic (exact) mass is 421 g/mol. The Balaban J connectivity index is 1.76. The summed E-state index contributed by atoms with van der Waals surface area (Å²) in [7, 11) is 1.66. The molecule has 0 saturated carbocycles. The Morgan fingerprint density at radius 1 is 1.13 bits per heavy atom. The van der Waals surface area contributed by atoms with Crippen molar-refractivity contribution in [1.29, 1.82) is 0 Å². The number of carbonyl (C=O) groups is 1. The van der Waals surface area contributed by atoms with E-state index in [1.165, 1.54) is 0 Å². The SMILES string of the molecule is COc1ccc(-c2nn(-c3ccccc3)cc2[C@@H]2SCC(=O)N2CCC(C)C)cc1. The molecule has 2 heterocycles. The second-order valence-electron chi connectivity index (χ2n) is 7.87. The van der Waals surface area contributed by atoms with Crippen molar-refractivity contribution in [2.45, 2.75) is 25.6 Å². The van der Waals surface area contributed by atoms with Crippen LogP contribution in [0.4, 0.5) is 0 Å². The Bertz CT molecular complexity index is 999. The molecular formula is C24H27N3O2S. The lowest BCUT2D eigenvalue weighted by Crippen LogP contribution is -2.30. The van der Waals surface area contributed by atoms with Crippen LogP contribution in [-0.2, 0) is 4.79 Å². The number of hydrogen-bond acceptors (Lipinski definition) is 4. The molecule has 0 unspecified atom stereocenters. The van der Waals surface area contributed by atoms with E-state index in [0.717, 1.165) is 41.2 Å². The van der Waals surface area contributed by atoms with Crippen LogP contribution in [0.3, 0.4) is 0 Å². The van der Waals surface area contributed by atoms with Crippen LogP contribution in [0.15, 0.2) is 60.8 Å². The van der Waals surface area contributed by atoms with Crippen molar-refractivity contribution >= 4 is 17.7 Å². The first-order chi connectivity index (χ1) is 14.6. The van der Waals surface area contributed by atoms with Gasteiger partial charge in [0.2, 0.25) is 5.91 Å². The van der Waals surface area contributed by atoms with Crippen molar-refractivity contribution in [2.75, 3.05) is 19.4 Å². The van der Waals surface area contributed by atoms with Crippen LogP contribution in [0, 0.1) is 5.92 Å². The van der Waals surface area contributed by atoms with E-state index in [-0.39, 0.29) is 11.3 Å². The van der Waals surface area contributed by atoms with Gasteiger partial charge < -0.3 is 9.64 Å². The second-order valence-corrected chi connectivity index (χ2v) is 8.94. The van der Waals surface area contributed by atoms with Gasteiger partial charge in [-0.3, -0.25) is 4.79 Å². The number of hydrogen-bond donors (Lipinski definition) is 0. The van der Waals surface area contributed by atoms with Gasteiger partial charge in [0.15, 0.2) is 0 Å². The first-order valence-corrected chi connectivity index (χ1v) is 11.3. The Morgan fingerprint density at radius 3 is 2.53 bits per heavy atom. The van der Waals surface area contributed by atoms with Gasteiger partial charge in [0.1, 0.15) is 11.1 Å². The minimum atomic E-state index is -0.0224. The normalized spacial score (nSPS) is 16.5. The average molecular weight is 422 g/mol. The number of carbonyl (C=O) groups excluding carboxylic acids is 1. The van der Waals surface area contributed by atoms with Crippen molar-refractivity contribution in [2.24, 2.45) is 5.92 Å². The summed E-state index contributed by atoms with van der Waals surface area (Å²) in [4.78, 5) is 14.7. The summed E-state index contributed by atoms with van der Waals surface area (Å²) in [6.45, 7) is 5.16. The lowest BCUT2D eigenvalue weighted by Gasteiger charge is -2.24. The number of ether oxygens (including phenoxy) is 1. The van der Waals surface area contributed by atoms with Gasteiger partial charge in [-0.05, 0) is 48.7 Å². The van der Waals surface area contributed by atoms with E-state index >= 15 is 0 Å². The summed E-state index contributed by atoms with van der Waals surface area (Å²) < 4.78 is 7.23. The molecule has 1 aliphatic heterocycles. The number of aromatic nitrogens is 2. The highest BCUT2D eigenvalue weighted by molar-refractivity contribution is 8.00. The third kappa shape index (κ3) is 4.24. The van der Waals surface area contributed by atoms with Crippen molar-refractivity contribution in [3.8, 4) is 22.7 Å². The Kier molecular flexibility index (Phi) is 6.13. The van der Waals surface area contributed by atoms with Gasteiger partial charge in [-0.25, -0.2) is 4.68 Å². The van der Waals surface area contributed by atoms with E-state index in [9.17, 15) is 4.79 Å². The largest absolute Gasteiger partial charge is 0.497 e. The number of thioether (sulfide) groups is 1. The first-order valence-electron chi connectivity index (χ1n) is 10.3. The lowest BCUT2D eigenvalue weighted by molar-refractivity contribution is -0.128. The van der Waals surface area contributed by atoms with Gasteiger partial charge in [-0.2, -0.15) is 5.10 Å². The maximum absolute atomic E-state index is 12.6. The Hall–Kier alpha value is -2.73. The molecule has 1 aliphatic rings. The van der Waals surface area contributed by atoms with E-state index < -0.39 is 0 Å². The Labute approximate surface area is 182 Å². The fraction of sp³-hybridized carbons (Fsp3) is 0.333. The first kappa shape index (κ1) is 20.5. The highest BCUT2D eigenvalue weighted by Crippen LogP contribution is 2.43. The molecule has 1 amide bonds. The Morgan fingerprint density at radius 2 is 1.87 bits per heavy atom. The molecule has 2 aromatic carbocycles. The van der Waals surface area contributed by atoms with Gasteiger partial charge >= 0.3 is 0 Å². The standard InChI is InChI=1S/C24H27N3O2S/c1-17(2)13-14-26-22(28)16-30-24(26)21-15-27(19-7-5-4-6-8-19)25-23(21)18-9-11-20(29-3)12-10-18/h4-12,15,17,24H,13-14,16H2,1-3H3/t24-/m0/s1. The highest BCUT2D eigenvalue weighted by Gasteiger charge is 2.35. The zero-order valence-electron chi connectivity index (χ0n) is 17.6. The molecule has 1 fully saturated rings. The van der Waals surface area contributed by atoms with E-state index in [1.54, 1.807) is 18.9 Å². The van der Waals surface area contributed by atoms with Crippen LogP contribution in [0.5, 0.6) is 5.75 Å². The number of benzene rings is 2. The summed E-state index contributed by atoms with van der Waals surface area (Å²) in [5.41, 5.74) is 4.00. The van der Waals surface area contributed by atoms with Gasteiger partial charge in [0.25, 0.3) is 0 Å². The van der Waals surface area contributed by atoms with Crippen LogP contribution in [0.25, 0.3) is 16.9 Å². The molecule has 0 spiro atoms. The predicted molar refractivity (Wildman–Crippen MR) is 122 cm³/mol. The minimum absolute atomic E-state index is 0.0224. The summed E-state index contributed by atoms with van der Waals surface area (Å²) >= 11 is 1.69. The third-order valence-electron chi connectivity index (χ3n) is 5.31. The number of amides is 1. The smallest absolute Gasteiger partial charge is 0.233 e. The molecule has 0 N–H and O–H groups in total. The van der Waals surface area contributed by atoms with Crippen LogP contribution < -0.4 is 4.74 Å². The summed E-state index contributed by atoms with van der Waals surface area (Å²) in [6.07, 6.45) is 3.07. The number of nitrogens with zero attached hydrogens (tertiary/aromatic N) is 3. The molecule has 5 nitrogen and oxygen atoms in total. The molecule has 4 rings (SSSR count). The van der Waals surface area contributed by atoms with Crippen LogP contribution in [0.2, 0.25) is 0 Å². The fourth-order valence-electron chi connectivity index (χ4n) is 3.61. The number of rotatable bonds is 7. The van der Waals surface area contributed by atoms with Gasteiger partial charge in [0.05, 0.1) is 24.2 Å². The van der Waals surface area contributed by atoms with E-state index in [4.69, 9.17) is 9.84 Å². The quantitative estimate of drug-likeness (QED) is 0.528. The average Bonchev–Trinajstić information content (AvgIpc) is 3.36. The van der Waals surface area contributed by atoms with Gasteiger partial charge in [0, 0.05) is 23.9 Å². The third-order valence-corrected chi connectivity index (χ3v) is 6.55. The van der Waals surface area contributed by atoms with E-state index in [0.29, 0.717) is 11.7 Å². The summed E-state index contributed by atoms with van der Waals surface area (Å²) in [6, 6.07) is 18.0. The van der Waals surface area contributed by atoms with E-state index in [1.807, 2.05) is 64.2 Å². The maximum Gasteiger partial charge on any atom is 0.233 e. The number of para-hydroxylation sites is 1. The van der Waals surface area contributed by atoms with E-state index in [2.05, 4.69) is 20.0 Å². The van der Waals surface area contributed by atoms with Gasteiger partial charge in [-0.15, -0.1) is 11.8 Å². The molecular weight excluding hydrogens is 394 g/mol. The molecule has 1 saturated heterocycles.